The second-order valence-electron chi connectivity index (χ2n) is 5.64. The van der Waals surface area contributed by atoms with E-state index >= 15 is 0 Å². The second-order valence-corrected chi connectivity index (χ2v) is 5.64. The number of ether oxygens (including phenoxy) is 1. The maximum absolute atomic E-state index is 12.4. The van der Waals surface area contributed by atoms with Gasteiger partial charge in [0.15, 0.2) is 0 Å². The lowest BCUT2D eigenvalue weighted by Gasteiger charge is -2.10. The summed E-state index contributed by atoms with van der Waals surface area (Å²) in [6.45, 7) is 4.53. The van der Waals surface area contributed by atoms with Gasteiger partial charge in [-0.15, -0.1) is 0 Å². The van der Waals surface area contributed by atoms with Crippen LogP contribution in [0.25, 0.3) is 0 Å². The molecule has 0 spiro atoms. The van der Waals surface area contributed by atoms with E-state index in [1.165, 1.54) is 6.33 Å². The molecule has 0 saturated carbocycles. The van der Waals surface area contributed by atoms with Crippen LogP contribution in [0.15, 0.2) is 60.9 Å². The largest absolute Gasteiger partial charge is 0.494 e. The van der Waals surface area contributed by atoms with Gasteiger partial charge in [-0.3, -0.25) is 4.79 Å². The summed E-state index contributed by atoms with van der Waals surface area (Å²) in [6.07, 6.45) is 1.37. The molecule has 6 nitrogen and oxygen atoms in total. The predicted molar refractivity (Wildman–Crippen MR) is 102 cm³/mol. The Labute approximate surface area is 152 Å². The first-order valence-electron chi connectivity index (χ1n) is 8.34. The zero-order valence-corrected chi connectivity index (χ0v) is 14.7. The Bertz CT molecular complexity index is 894. The van der Waals surface area contributed by atoms with E-state index in [4.69, 9.17) is 4.74 Å². The van der Waals surface area contributed by atoms with Crippen LogP contribution in [0.1, 0.15) is 23.0 Å². The van der Waals surface area contributed by atoms with Gasteiger partial charge in [0.25, 0.3) is 5.91 Å². The first-order valence-corrected chi connectivity index (χ1v) is 8.34. The van der Waals surface area contributed by atoms with Crippen LogP contribution in [-0.2, 0) is 0 Å². The molecule has 6 heteroatoms. The van der Waals surface area contributed by atoms with Gasteiger partial charge in [-0.25, -0.2) is 9.97 Å². The molecule has 132 valence electrons. The number of aryl methyl sites for hydroxylation is 1. The Morgan fingerprint density at radius 1 is 1.08 bits per heavy atom. The molecule has 0 unspecified atom stereocenters. The van der Waals surface area contributed by atoms with Crippen LogP contribution in [0, 0.1) is 6.92 Å². The van der Waals surface area contributed by atoms with Crippen LogP contribution in [0.5, 0.6) is 5.75 Å². The third kappa shape index (κ3) is 4.36. The minimum absolute atomic E-state index is 0.282. The minimum atomic E-state index is -0.301. The smallest absolute Gasteiger partial charge is 0.274 e. The number of hydrogen-bond donors (Lipinski definition) is 2. The second kappa shape index (κ2) is 8.11. The summed E-state index contributed by atoms with van der Waals surface area (Å²) in [4.78, 5) is 20.7. The Hall–Kier alpha value is -3.41. The van der Waals surface area contributed by atoms with Crippen molar-refractivity contribution in [3.05, 3.63) is 72.2 Å². The molecule has 26 heavy (non-hydrogen) atoms. The summed E-state index contributed by atoms with van der Waals surface area (Å²) in [5, 5.41) is 6.02. The fourth-order valence-corrected chi connectivity index (χ4v) is 2.40. The Morgan fingerprint density at radius 3 is 2.58 bits per heavy atom. The fraction of sp³-hybridized carbons (Fsp3) is 0.150. The van der Waals surface area contributed by atoms with Crippen molar-refractivity contribution in [2.24, 2.45) is 0 Å². The molecule has 0 bridgehead atoms. The number of para-hydroxylation sites is 1. The van der Waals surface area contributed by atoms with E-state index in [1.807, 2.05) is 50.2 Å². The molecule has 0 atom stereocenters. The number of carbonyl (C=O) groups excluding carboxylic acids is 1. The summed E-state index contributed by atoms with van der Waals surface area (Å²) in [6, 6.07) is 16.7. The van der Waals surface area contributed by atoms with E-state index in [-0.39, 0.29) is 11.6 Å². The molecule has 0 aliphatic carbocycles. The van der Waals surface area contributed by atoms with Crippen molar-refractivity contribution in [2.75, 3.05) is 17.2 Å². The number of carbonyl (C=O) groups is 1. The van der Waals surface area contributed by atoms with E-state index in [9.17, 15) is 4.79 Å². The predicted octanol–water partition coefficient (Wildman–Crippen LogP) is 4.18. The van der Waals surface area contributed by atoms with Crippen molar-refractivity contribution < 1.29 is 9.53 Å². The molecule has 0 radical (unpaired) electrons. The van der Waals surface area contributed by atoms with E-state index in [1.54, 1.807) is 18.2 Å². The highest BCUT2D eigenvalue weighted by Crippen LogP contribution is 2.19. The summed E-state index contributed by atoms with van der Waals surface area (Å²) in [7, 11) is 0. The maximum Gasteiger partial charge on any atom is 0.274 e. The third-order valence-electron chi connectivity index (χ3n) is 3.73. The lowest BCUT2D eigenvalue weighted by atomic mass is 10.2. The lowest BCUT2D eigenvalue weighted by molar-refractivity contribution is 0.102. The van der Waals surface area contributed by atoms with Crippen molar-refractivity contribution in [3.63, 3.8) is 0 Å². The van der Waals surface area contributed by atoms with Gasteiger partial charge in [-0.2, -0.15) is 0 Å². The van der Waals surface area contributed by atoms with Gasteiger partial charge < -0.3 is 15.4 Å². The number of rotatable bonds is 6. The quantitative estimate of drug-likeness (QED) is 0.699. The SMILES string of the molecule is CCOc1ccc(NC(=O)c2cc(Nc3ccccc3C)ncn2)cc1. The topological polar surface area (TPSA) is 76.1 Å². The van der Waals surface area contributed by atoms with Gasteiger partial charge in [-0.1, -0.05) is 18.2 Å². The van der Waals surface area contributed by atoms with Gasteiger partial charge in [0.05, 0.1) is 6.61 Å². The van der Waals surface area contributed by atoms with E-state index in [0.29, 0.717) is 18.1 Å². The van der Waals surface area contributed by atoms with Crippen LogP contribution in [0.3, 0.4) is 0 Å². The van der Waals surface area contributed by atoms with Crippen molar-refractivity contribution in [1.29, 1.82) is 0 Å². The molecule has 3 rings (SSSR count). The number of aromatic nitrogens is 2. The van der Waals surface area contributed by atoms with Crippen LogP contribution < -0.4 is 15.4 Å². The lowest BCUT2D eigenvalue weighted by Crippen LogP contribution is -2.14. The molecule has 3 aromatic rings. The van der Waals surface area contributed by atoms with Gasteiger partial charge in [0.2, 0.25) is 0 Å². The van der Waals surface area contributed by atoms with Crippen molar-refractivity contribution in [1.82, 2.24) is 9.97 Å². The summed E-state index contributed by atoms with van der Waals surface area (Å²) in [5.41, 5.74) is 2.98. The van der Waals surface area contributed by atoms with Crippen LogP contribution in [0.2, 0.25) is 0 Å². The maximum atomic E-state index is 12.4. The first kappa shape index (κ1) is 17.4. The molecule has 0 fully saturated rings. The first-order chi connectivity index (χ1) is 12.7. The van der Waals surface area contributed by atoms with E-state index in [2.05, 4.69) is 20.6 Å². The highest BCUT2D eigenvalue weighted by Gasteiger charge is 2.10. The normalized spacial score (nSPS) is 10.2. The van der Waals surface area contributed by atoms with Crippen LogP contribution in [-0.4, -0.2) is 22.5 Å². The van der Waals surface area contributed by atoms with Gasteiger partial charge >= 0.3 is 0 Å². The Morgan fingerprint density at radius 2 is 1.85 bits per heavy atom. The van der Waals surface area contributed by atoms with Crippen LogP contribution in [0.4, 0.5) is 17.2 Å². The van der Waals surface area contributed by atoms with Gasteiger partial charge in [0.1, 0.15) is 23.6 Å². The molecule has 2 aromatic carbocycles. The number of nitrogens with one attached hydrogen (secondary N) is 2. The highest BCUT2D eigenvalue weighted by atomic mass is 16.5. The molecular weight excluding hydrogens is 328 g/mol. The van der Waals surface area contributed by atoms with Crippen molar-refractivity contribution >= 4 is 23.1 Å². The zero-order chi connectivity index (χ0) is 18.4. The average Bonchev–Trinajstić information content (AvgIpc) is 2.66. The van der Waals surface area contributed by atoms with E-state index in [0.717, 1.165) is 17.0 Å². The fourth-order valence-electron chi connectivity index (χ4n) is 2.40. The molecule has 1 amide bonds. The van der Waals surface area contributed by atoms with Crippen molar-refractivity contribution in [3.8, 4) is 5.75 Å². The van der Waals surface area contributed by atoms with E-state index < -0.39 is 0 Å². The Balaban J connectivity index is 1.71. The summed E-state index contributed by atoms with van der Waals surface area (Å²) in [5.74, 6) is 1.02. The molecule has 0 aliphatic heterocycles. The summed E-state index contributed by atoms with van der Waals surface area (Å²) >= 11 is 0. The number of benzene rings is 2. The summed E-state index contributed by atoms with van der Waals surface area (Å²) < 4.78 is 5.39. The monoisotopic (exact) mass is 348 g/mol. The number of nitrogens with zero attached hydrogens (tertiary/aromatic N) is 2. The van der Waals surface area contributed by atoms with Gasteiger partial charge in [0, 0.05) is 17.4 Å². The molecule has 1 aromatic heterocycles. The molecule has 1 heterocycles. The zero-order valence-electron chi connectivity index (χ0n) is 14.7. The van der Waals surface area contributed by atoms with Gasteiger partial charge in [-0.05, 0) is 49.7 Å². The number of hydrogen-bond acceptors (Lipinski definition) is 5. The molecule has 2 N–H and O–H groups in total. The number of anilines is 3. The van der Waals surface area contributed by atoms with Crippen LogP contribution >= 0.6 is 0 Å². The third-order valence-corrected chi connectivity index (χ3v) is 3.73. The number of amides is 1. The molecule has 0 aliphatic rings. The minimum Gasteiger partial charge on any atom is -0.494 e. The van der Waals surface area contributed by atoms with Crippen molar-refractivity contribution in [2.45, 2.75) is 13.8 Å². The molecular formula is C20H20N4O2. The standard InChI is InChI=1S/C20H20N4O2/c1-3-26-16-10-8-15(9-11-16)23-20(25)18-12-19(22-13-21-18)24-17-7-5-4-6-14(17)2/h4-13H,3H2,1-2H3,(H,23,25)(H,21,22,24). The molecule has 0 saturated heterocycles. The Kier molecular flexibility index (Phi) is 5.43. The average molecular weight is 348 g/mol. The highest BCUT2D eigenvalue weighted by molar-refractivity contribution is 6.03.